The van der Waals surface area contributed by atoms with Gasteiger partial charge in [-0.3, -0.25) is 9.88 Å². The van der Waals surface area contributed by atoms with Crippen LogP contribution >= 0.6 is 0 Å². The van der Waals surface area contributed by atoms with Gasteiger partial charge in [0, 0.05) is 67.0 Å². The van der Waals surface area contributed by atoms with Crippen molar-refractivity contribution in [3.63, 3.8) is 0 Å². The number of ether oxygens (including phenoxy) is 1. The van der Waals surface area contributed by atoms with Crippen molar-refractivity contribution in [2.45, 2.75) is 51.3 Å². The molecule has 2 fully saturated rings. The summed E-state index contributed by atoms with van der Waals surface area (Å²) in [5.41, 5.74) is 5.02. The third-order valence-electron chi connectivity index (χ3n) is 7.00. The van der Waals surface area contributed by atoms with Gasteiger partial charge in [-0.15, -0.1) is 0 Å². The van der Waals surface area contributed by atoms with Gasteiger partial charge < -0.3 is 9.64 Å². The Morgan fingerprint density at radius 1 is 1.03 bits per heavy atom. The van der Waals surface area contributed by atoms with Crippen LogP contribution in [-0.4, -0.2) is 52.1 Å². The van der Waals surface area contributed by atoms with Crippen LogP contribution in [0, 0.1) is 6.92 Å². The maximum Gasteiger partial charge on any atom is 0.153 e. The number of hydrogen-bond donors (Lipinski definition) is 0. The number of piperidine rings is 1. The van der Waals surface area contributed by atoms with E-state index in [0.29, 0.717) is 12.1 Å². The number of anilines is 1. The van der Waals surface area contributed by atoms with E-state index in [1.807, 2.05) is 12.4 Å². The zero-order valence-electron chi connectivity index (χ0n) is 18.5. The van der Waals surface area contributed by atoms with E-state index in [2.05, 4.69) is 57.0 Å². The second-order valence-electron chi connectivity index (χ2n) is 8.98. The molecule has 6 heteroatoms. The molecule has 0 atom stereocenters. The lowest BCUT2D eigenvalue weighted by Crippen LogP contribution is -2.52. The average Bonchev–Trinajstić information content (AvgIpc) is 3.16. The summed E-state index contributed by atoms with van der Waals surface area (Å²) < 4.78 is 5.13. The topological polar surface area (TPSA) is 54.4 Å². The van der Waals surface area contributed by atoms with Crippen LogP contribution in [0.3, 0.4) is 0 Å². The summed E-state index contributed by atoms with van der Waals surface area (Å²) in [6.45, 7) is 6.84. The third kappa shape index (κ3) is 4.02. The van der Waals surface area contributed by atoms with Gasteiger partial charge in [-0.2, -0.15) is 0 Å². The summed E-state index contributed by atoms with van der Waals surface area (Å²) in [5, 5.41) is 1.26. The molecule has 162 valence electrons. The number of hydrogen-bond acceptors (Lipinski definition) is 6. The minimum absolute atomic E-state index is 0.305. The lowest BCUT2D eigenvalue weighted by atomic mass is 9.84. The Labute approximate surface area is 184 Å². The van der Waals surface area contributed by atoms with E-state index in [1.54, 1.807) is 7.11 Å². The quantitative estimate of drug-likeness (QED) is 0.623. The molecule has 0 unspecified atom stereocenters. The SMILES string of the molecule is COCc1ncc(CN2CCCC23CCN(c2cc(C)nc4ccccc24)CC3)cn1. The molecular formula is C25H31N5O. The standard InChI is InChI=1S/C25H31N5O/c1-19-14-23(21-6-3-4-7-22(21)28-19)29-12-9-25(10-13-29)8-5-11-30(25)17-20-15-26-24(18-31-2)27-16-20/h3-4,6-7,14-16H,5,8-13,17-18H2,1-2H3. The summed E-state index contributed by atoms with van der Waals surface area (Å²) in [7, 11) is 1.67. The Morgan fingerprint density at radius 2 is 1.81 bits per heavy atom. The molecule has 1 aromatic carbocycles. The fourth-order valence-electron chi connectivity index (χ4n) is 5.41. The minimum atomic E-state index is 0.305. The van der Waals surface area contributed by atoms with Gasteiger partial charge >= 0.3 is 0 Å². The predicted molar refractivity (Wildman–Crippen MR) is 123 cm³/mol. The van der Waals surface area contributed by atoms with E-state index in [1.165, 1.54) is 42.3 Å². The Hall–Kier alpha value is -2.57. The molecule has 0 amide bonds. The van der Waals surface area contributed by atoms with Gasteiger partial charge in [-0.25, -0.2) is 9.97 Å². The number of likely N-dealkylation sites (tertiary alicyclic amines) is 1. The summed E-state index contributed by atoms with van der Waals surface area (Å²) in [6, 6.07) is 10.8. The number of aryl methyl sites for hydroxylation is 1. The van der Waals surface area contributed by atoms with Crippen molar-refractivity contribution in [2.24, 2.45) is 0 Å². The molecular weight excluding hydrogens is 386 g/mol. The summed E-state index contributed by atoms with van der Waals surface area (Å²) in [6.07, 6.45) is 8.90. The number of methoxy groups -OCH3 is 1. The van der Waals surface area contributed by atoms with Crippen LogP contribution in [0.1, 0.15) is 42.8 Å². The van der Waals surface area contributed by atoms with E-state index in [0.717, 1.165) is 43.2 Å². The molecule has 2 aromatic heterocycles. The Kier molecular flexibility index (Phi) is 5.59. The lowest BCUT2D eigenvalue weighted by Gasteiger charge is -2.46. The molecule has 0 N–H and O–H groups in total. The van der Waals surface area contributed by atoms with E-state index < -0.39 is 0 Å². The molecule has 4 heterocycles. The first kappa shape index (κ1) is 20.3. The number of fused-ring (bicyclic) bond motifs is 1. The second-order valence-corrected chi connectivity index (χ2v) is 8.98. The van der Waals surface area contributed by atoms with E-state index in [9.17, 15) is 0 Å². The first-order valence-corrected chi connectivity index (χ1v) is 11.3. The Bertz CT molecular complexity index is 1040. The molecule has 6 nitrogen and oxygen atoms in total. The van der Waals surface area contributed by atoms with Crippen molar-refractivity contribution >= 4 is 16.6 Å². The van der Waals surface area contributed by atoms with E-state index in [-0.39, 0.29) is 0 Å². The second kappa shape index (κ2) is 8.52. The molecule has 2 saturated heterocycles. The largest absolute Gasteiger partial charge is 0.377 e. The third-order valence-corrected chi connectivity index (χ3v) is 7.00. The molecule has 0 aliphatic carbocycles. The Morgan fingerprint density at radius 3 is 2.58 bits per heavy atom. The first-order valence-electron chi connectivity index (χ1n) is 11.3. The van der Waals surface area contributed by atoms with Crippen LogP contribution in [-0.2, 0) is 17.9 Å². The van der Waals surface area contributed by atoms with Crippen LogP contribution in [0.2, 0.25) is 0 Å². The van der Waals surface area contributed by atoms with Gasteiger partial charge in [0.1, 0.15) is 6.61 Å². The van der Waals surface area contributed by atoms with Gasteiger partial charge in [0.25, 0.3) is 0 Å². The number of para-hydroxylation sites is 1. The van der Waals surface area contributed by atoms with E-state index in [4.69, 9.17) is 9.72 Å². The number of benzene rings is 1. The van der Waals surface area contributed by atoms with E-state index >= 15 is 0 Å². The fourth-order valence-corrected chi connectivity index (χ4v) is 5.41. The highest BCUT2D eigenvalue weighted by Crippen LogP contribution is 2.41. The summed E-state index contributed by atoms with van der Waals surface area (Å²) in [5.74, 6) is 0.746. The monoisotopic (exact) mass is 417 g/mol. The fraction of sp³-hybridized carbons (Fsp3) is 0.480. The molecule has 0 bridgehead atoms. The molecule has 0 radical (unpaired) electrons. The zero-order valence-corrected chi connectivity index (χ0v) is 18.5. The van der Waals surface area contributed by atoms with Crippen molar-refractivity contribution in [3.05, 3.63) is 59.8 Å². The lowest BCUT2D eigenvalue weighted by molar-refractivity contribution is 0.0995. The highest BCUT2D eigenvalue weighted by molar-refractivity contribution is 5.92. The molecule has 31 heavy (non-hydrogen) atoms. The van der Waals surface area contributed by atoms with Crippen LogP contribution < -0.4 is 4.90 Å². The van der Waals surface area contributed by atoms with Gasteiger partial charge in [-0.05, 0) is 51.3 Å². The van der Waals surface area contributed by atoms with Crippen molar-refractivity contribution in [3.8, 4) is 0 Å². The highest BCUT2D eigenvalue weighted by atomic mass is 16.5. The molecule has 3 aromatic rings. The van der Waals surface area contributed by atoms with Crippen LogP contribution in [0.15, 0.2) is 42.7 Å². The van der Waals surface area contributed by atoms with Crippen LogP contribution in [0.25, 0.3) is 10.9 Å². The number of pyridine rings is 1. The Balaban J connectivity index is 1.31. The zero-order chi connectivity index (χ0) is 21.3. The molecule has 0 saturated carbocycles. The normalized spacial score (nSPS) is 18.8. The van der Waals surface area contributed by atoms with Crippen LogP contribution in [0.5, 0.6) is 0 Å². The molecule has 2 aliphatic heterocycles. The smallest absolute Gasteiger partial charge is 0.153 e. The first-order chi connectivity index (χ1) is 15.2. The van der Waals surface area contributed by atoms with Gasteiger partial charge in [-0.1, -0.05) is 18.2 Å². The summed E-state index contributed by atoms with van der Waals surface area (Å²) >= 11 is 0. The summed E-state index contributed by atoms with van der Waals surface area (Å²) in [4.78, 5) is 18.9. The predicted octanol–water partition coefficient (Wildman–Crippen LogP) is 4.11. The number of rotatable bonds is 5. The number of aromatic nitrogens is 3. The van der Waals surface area contributed by atoms with Crippen molar-refractivity contribution in [2.75, 3.05) is 31.6 Å². The van der Waals surface area contributed by atoms with Crippen molar-refractivity contribution in [1.29, 1.82) is 0 Å². The molecule has 2 aliphatic rings. The molecule has 1 spiro atoms. The average molecular weight is 418 g/mol. The van der Waals surface area contributed by atoms with Gasteiger partial charge in [0.2, 0.25) is 0 Å². The molecule has 5 rings (SSSR count). The van der Waals surface area contributed by atoms with Crippen molar-refractivity contribution in [1.82, 2.24) is 19.9 Å². The van der Waals surface area contributed by atoms with Crippen LogP contribution in [0.4, 0.5) is 5.69 Å². The minimum Gasteiger partial charge on any atom is -0.377 e. The van der Waals surface area contributed by atoms with Crippen molar-refractivity contribution < 1.29 is 4.74 Å². The highest BCUT2D eigenvalue weighted by Gasteiger charge is 2.43. The maximum absolute atomic E-state index is 5.13. The van der Waals surface area contributed by atoms with Gasteiger partial charge in [0.15, 0.2) is 5.82 Å². The maximum atomic E-state index is 5.13. The van der Waals surface area contributed by atoms with Gasteiger partial charge in [0.05, 0.1) is 5.52 Å². The number of nitrogens with zero attached hydrogens (tertiary/aromatic N) is 5.